The molecule has 4 nitrogen and oxygen atoms in total. The number of benzene rings is 1. The van der Waals surface area contributed by atoms with Gasteiger partial charge in [0.15, 0.2) is 0 Å². The lowest BCUT2D eigenvalue weighted by Gasteiger charge is -1.98. The molecule has 0 aliphatic carbocycles. The van der Waals surface area contributed by atoms with Gasteiger partial charge in [-0.15, -0.1) is 0 Å². The predicted molar refractivity (Wildman–Crippen MR) is 77.5 cm³/mol. The Balaban J connectivity index is 1.86. The van der Waals surface area contributed by atoms with E-state index in [1.807, 2.05) is 6.07 Å². The molecule has 7 heteroatoms. The topological polar surface area (TPSA) is 54.6 Å². The number of hydrazone groups is 1. The summed E-state index contributed by atoms with van der Waals surface area (Å²) in [6.07, 6.45) is 1.32. The first kappa shape index (κ1) is 15.2. The van der Waals surface area contributed by atoms with E-state index < -0.39 is 5.76 Å². The molecule has 1 aromatic heterocycles. The van der Waals surface area contributed by atoms with Crippen molar-refractivity contribution in [2.75, 3.05) is 0 Å². The van der Waals surface area contributed by atoms with Crippen molar-refractivity contribution in [3.8, 4) is 0 Å². The van der Waals surface area contributed by atoms with Gasteiger partial charge in [-0.25, -0.2) is 5.43 Å². The zero-order valence-corrected chi connectivity index (χ0v) is 11.6. The van der Waals surface area contributed by atoms with Crippen LogP contribution in [0.2, 0.25) is 0 Å². The lowest BCUT2D eigenvalue weighted by Crippen LogP contribution is -2.17. The Morgan fingerprint density at radius 1 is 1.29 bits per heavy atom. The SMILES string of the molecule is O=C(N/N=C\c1ccc(CSC(F)F)o1)c1ccccc1. The monoisotopic (exact) mass is 310 g/mol. The van der Waals surface area contributed by atoms with Crippen molar-refractivity contribution in [1.29, 1.82) is 0 Å². The Hall–Kier alpha value is -2.15. The van der Waals surface area contributed by atoms with E-state index in [0.29, 0.717) is 28.8 Å². The van der Waals surface area contributed by atoms with Gasteiger partial charge in [-0.1, -0.05) is 30.0 Å². The van der Waals surface area contributed by atoms with Crippen LogP contribution in [0.25, 0.3) is 0 Å². The molecular weight excluding hydrogens is 298 g/mol. The minimum Gasteiger partial charge on any atom is -0.459 e. The van der Waals surface area contributed by atoms with Crippen molar-refractivity contribution in [3.63, 3.8) is 0 Å². The highest BCUT2D eigenvalue weighted by atomic mass is 32.2. The third kappa shape index (κ3) is 5.03. The number of amides is 1. The molecule has 0 bridgehead atoms. The zero-order chi connectivity index (χ0) is 15.1. The smallest absolute Gasteiger partial charge is 0.284 e. The van der Waals surface area contributed by atoms with E-state index in [9.17, 15) is 13.6 Å². The molecule has 1 N–H and O–H groups in total. The molecule has 0 aliphatic rings. The summed E-state index contributed by atoms with van der Waals surface area (Å²) in [6, 6.07) is 11.8. The third-order valence-corrected chi connectivity index (χ3v) is 3.13. The van der Waals surface area contributed by atoms with Crippen LogP contribution in [0.3, 0.4) is 0 Å². The van der Waals surface area contributed by atoms with Crippen LogP contribution in [0, 0.1) is 0 Å². The van der Waals surface area contributed by atoms with E-state index in [0.717, 1.165) is 0 Å². The van der Waals surface area contributed by atoms with E-state index in [1.54, 1.807) is 36.4 Å². The van der Waals surface area contributed by atoms with E-state index in [1.165, 1.54) is 6.21 Å². The van der Waals surface area contributed by atoms with Gasteiger partial charge >= 0.3 is 0 Å². The van der Waals surface area contributed by atoms with E-state index in [4.69, 9.17) is 4.42 Å². The molecule has 1 amide bonds. The maximum Gasteiger partial charge on any atom is 0.284 e. The normalized spacial score (nSPS) is 11.2. The van der Waals surface area contributed by atoms with E-state index in [-0.39, 0.29) is 11.7 Å². The van der Waals surface area contributed by atoms with Gasteiger partial charge in [0.05, 0.1) is 12.0 Å². The molecule has 0 fully saturated rings. The fourth-order valence-electron chi connectivity index (χ4n) is 1.50. The van der Waals surface area contributed by atoms with Gasteiger partial charge in [-0.3, -0.25) is 4.79 Å². The van der Waals surface area contributed by atoms with Crippen molar-refractivity contribution in [2.24, 2.45) is 5.10 Å². The highest BCUT2D eigenvalue weighted by molar-refractivity contribution is 7.98. The van der Waals surface area contributed by atoms with Crippen LogP contribution in [0.5, 0.6) is 0 Å². The maximum absolute atomic E-state index is 12.0. The number of carbonyl (C=O) groups is 1. The fourth-order valence-corrected chi connectivity index (χ4v) is 1.94. The summed E-state index contributed by atoms with van der Waals surface area (Å²) < 4.78 is 29.3. The summed E-state index contributed by atoms with van der Waals surface area (Å²) in [5.41, 5.74) is 2.84. The van der Waals surface area contributed by atoms with Crippen LogP contribution in [0.4, 0.5) is 8.78 Å². The highest BCUT2D eigenvalue weighted by Crippen LogP contribution is 2.20. The average Bonchev–Trinajstić information content (AvgIpc) is 2.94. The van der Waals surface area contributed by atoms with Crippen LogP contribution >= 0.6 is 11.8 Å². The maximum atomic E-state index is 12.0. The number of rotatable bonds is 6. The average molecular weight is 310 g/mol. The zero-order valence-electron chi connectivity index (χ0n) is 10.8. The summed E-state index contributed by atoms with van der Waals surface area (Å²) in [5.74, 6) is -1.88. The van der Waals surface area contributed by atoms with Gasteiger partial charge in [-0.2, -0.15) is 13.9 Å². The molecule has 0 saturated carbocycles. The van der Waals surface area contributed by atoms with Crippen molar-refractivity contribution in [2.45, 2.75) is 11.5 Å². The molecular formula is C14H12F2N2O2S. The Morgan fingerprint density at radius 2 is 2.05 bits per heavy atom. The van der Waals surface area contributed by atoms with Crippen LogP contribution in [0.1, 0.15) is 21.9 Å². The number of alkyl halides is 2. The molecule has 21 heavy (non-hydrogen) atoms. The van der Waals surface area contributed by atoms with Gasteiger partial charge in [-0.05, 0) is 24.3 Å². The van der Waals surface area contributed by atoms with E-state index in [2.05, 4.69) is 10.5 Å². The first-order valence-electron chi connectivity index (χ1n) is 6.02. The second-order valence-electron chi connectivity index (χ2n) is 3.94. The number of halogens is 2. The molecule has 0 aliphatic heterocycles. The number of furan rings is 1. The molecule has 0 spiro atoms. The minimum absolute atomic E-state index is 0.0852. The second-order valence-corrected chi connectivity index (χ2v) is 4.92. The standard InChI is InChI=1S/C14H12F2N2O2S/c15-14(16)21-9-12-7-6-11(20-12)8-17-18-13(19)10-4-2-1-3-5-10/h1-8,14H,9H2,(H,18,19)/b17-8-. The van der Waals surface area contributed by atoms with Crippen molar-refractivity contribution in [3.05, 3.63) is 59.5 Å². The number of nitrogens with zero attached hydrogens (tertiary/aromatic N) is 1. The van der Waals surface area contributed by atoms with Gasteiger partial charge in [0.2, 0.25) is 0 Å². The molecule has 2 rings (SSSR count). The highest BCUT2D eigenvalue weighted by Gasteiger charge is 2.06. The fraction of sp³-hybridized carbons (Fsp3) is 0.143. The summed E-state index contributed by atoms with van der Waals surface area (Å²) >= 11 is 0.482. The lowest BCUT2D eigenvalue weighted by atomic mass is 10.2. The molecule has 0 radical (unpaired) electrons. The van der Waals surface area contributed by atoms with Gasteiger partial charge in [0.25, 0.3) is 11.7 Å². The van der Waals surface area contributed by atoms with Crippen LogP contribution < -0.4 is 5.43 Å². The second kappa shape index (κ2) is 7.58. The minimum atomic E-state index is -2.43. The molecule has 0 atom stereocenters. The molecule has 0 unspecified atom stereocenters. The predicted octanol–water partition coefficient (Wildman–Crippen LogP) is 3.50. The summed E-state index contributed by atoms with van der Waals surface area (Å²) in [5, 5.41) is 3.75. The quantitative estimate of drug-likeness (QED) is 0.656. The van der Waals surface area contributed by atoms with Crippen molar-refractivity contribution >= 4 is 23.9 Å². The summed E-state index contributed by atoms with van der Waals surface area (Å²) in [6.45, 7) is 0. The molecule has 1 aromatic carbocycles. The van der Waals surface area contributed by atoms with Gasteiger partial charge in [0, 0.05) is 5.56 Å². The Labute approximate surface area is 124 Å². The van der Waals surface area contributed by atoms with E-state index >= 15 is 0 Å². The van der Waals surface area contributed by atoms with Crippen molar-refractivity contribution < 1.29 is 18.0 Å². The van der Waals surface area contributed by atoms with Crippen LogP contribution in [-0.4, -0.2) is 17.9 Å². The molecule has 2 aromatic rings. The van der Waals surface area contributed by atoms with Gasteiger partial charge in [0.1, 0.15) is 11.5 Å². The number of hydrogen-bond donors (Lipinski definition) is 1. The molecule has 110 valence electrons. The molecule has 1 heterocycles. The lowest BCUT2D eigenvalue weighted by molar-refractivity contribution is 0.0955. The largest absolute Gasteiger partial charge is 0.459 e. The summed E-state index contributed by atoms with van der Waals surface area (Å²) in [4.78, 5) is 11.7. The number of nitrogens with one attached hydrogen (secondary N) is 1. The molecule has 0 saturated heterocycles. The number of thioether (sulfide) groups is 1. The third-order valence-electron chi connectivity index (χ3n) is 2.43. The Bertz CT molecular complexity index is 614. The Morgan fingerprint density at radius 3 is 2.76 bits per heavy atom. The van der Waals surface area contributed by atoms with Crippen molar-refractivity contribution in [1.82, 2.24) is 5.43 Å². The summed E-state index contributed by atoms with van der Waals surface area (Å²) in [7, 11) is 0. The first-order chi connectivity index (χ1) is 10.1. The Kier molecular flexibility index (Phi) is 5.51. The first-order valence-corrected chi connectivity index (χ1v) is 7.07. The number of carbonyl (C=O) groups excluding carboxylic acids is 1. The van der Waals surface area contributed by atoms with Crippen LogP contribution in [0.15, 0.2) is 52.0 Å². The van der Waals surface area contributed by atoms with Crippen LogP contribution in [-0.2, 0) is 5.75 Å². The van der Waals surface area contributed by atoms with Gasteiger partial charge < -0.3 is 4.42 Å². The number of hydrogen-bond acceptors (Lipinski definition) is 4.